The molecule has 1 aromatic heterocycles. The number of rotatable bonds is 5. The number of aromatic nitrogens is 1. The Bertz CT molecular complexity index is 612. The number of methoxy groups -OCH3 is 1. The third kappa shape index (κ3) is 3.23. The highest BCUT2D eigenvalue weighted by Crippen LogP contribution is 2.24. The summed E-state index contributed by atoms with van der Waals surface area (Å²) >= 11 is 0. The van der Waals surface area contributed by atoms with Crippen molar-refractivity contribution in [1.29, 1.82) is 0 Å². The molecule has 1 N–H and O–H groups in total. The van der Waals surface area contributed by atoms with Gasteiger partial charge < -0.3 is 10.1 Å². The van der Waals surface area contributed by atoms with Gasteiger partial charge in [0.05, 0.1) is 23.9 Å². The van der Waals surface area contributed by atoms with Crippen molar-refractivity contribution in [2.45, 2.75) is 13.5 Å². The fourth-order valence-electron chi connectivity index (χ4n) is 1.78. The zero-order valence-electron chi connectivity index (χ0n) is 11.3. The van der Waals surface area contributed by atoms with E-state index in [9.17, 15) is 10.1 Å². The molecule has 0 aliphatic rings. The second-order valence-corrected chi connectivity index (χ2v) is 4.30. The lowest BCUT2D eigenvalue weighted by Gasteiger charge is -2.11. The molecule has 2 rings (SSSR count). The molecule has 0 spiro atoms. The standard InChI is InChI=1S/C14H15N3O3/c1-10-7-13(14(20-2)9-15-10)16-8-11-3-5-12(6-4-11)17(18)19/h3-7,9H,8H2,1-2H3,(H,15,16). The van der Waals surface area contributed by atoms with Gasteiger partial charge >= 0.3 is 0 Å². The molecule has 1 aromatic carbocycles. The Morgan fingerprint density at radius 2 is 2.05 bits per heavy atom. The van der Waals surface area contributed by atoms with Gasteiger partial charge in [-0.1, -0.05) is 12.1 Å². The Balaban J connectivity index is 2.08. The number of pyridine rings is 1. The van der Waals surface area contributed by atoms with Crippen LogP contribution in [0.25, 0.3) is 0 Å². The van der Waals surface area contributed by atoms with Gasteiger partial charge in [0, 0.05) is 24.4 Å². The van der Waals surface area contributed by atoms with E-state index in [-0.39, 0.29) is 5.69 Å². The first-order valence-corrected chi connectivity index (χ1v) is 6.08. The Hall–Kier alpha value is -2.63. The first-order chi connectivity index (χ1) is 9.60. The molecular weight excluding hydrogens is 258 g/mol. The van der Waals surface area contributed by atoms with Crippen LogP contribution in [0, 0.1) is 17.0 Å². The minimum Gasteiger partial charge on any atom is -0.493 e. The molecule has 0 unspecified atom stereocenters. The lowest BCUT2D eigenvalue weighted by molar-refractivity contribution is -0.384. The van der Waals surface area contributed by atoms with Gasteiger partial charge in [-0.05, 0) is 18.6 Å². The average molecular weight is 273 g/mol. The third-order valence-corrected chi connectivity index (χ3v) is 2.85. The molecule has 0 saturated heterocycles. The number of aryl methyl sites for hydroxylation is 1. The van der Waals surface area contributed by atoms with Crippen LogP contribution in [0.15, 0.2) is 36.5 Å². The maximum absolute atomic E-state index is 10.6. The largest absolute Gasteiger partial charge is 0.493 e. The molecule has 0 aliphatic heterocycles. The van der Waals surface area contributed by atoms with Crippen LogP contribution in [0.3, 0.4) is 0 Å². The lowest BCUT2D eigenvalue weighted by Crippen LogP contribution is -2.02. The van der Waals surface area contributed by atoms with Crippen LogP contribution in [0.1, 0.15) is 11.3 Å². The van der Waals surface area contributed by atoms with E-state index in [0.29, 0.717) is 12.3 Å². The summed E-state index contributed by atoms with van der Waals surface area (Å²) in [6.07, 6.45) is 1.66. The second kappa shape index (κ2) is 6.01. The van der Waals surface area contributed by atoms with Crippen LogP contribution in [-0.2, 0) is 6.54 Å². The highest BCUT2D eigenvalue weighted by atomic mass is 16.6. The van der Waals surface area contributed by atoms with Crippen LogP contribution < -0.4 is 10.1 Å². The van der Waals surface area contributed by atoms with Crippen LogP contribution >= 0.6 is 0 Å². The van der Waals surface area contributed by atoms with E-state index in [1.165, 1.54) is 12.1 Å². The highest BCUT2D eigenvalue weighted by Gasteiger charge is 2.06. The molecule has 0 amide bonds. The summed E-state index contributed by atoms with van der Waals surface area (Å²) in [6.45, 7) is 2.45. The van der Waals surface area contributed by atoms with Crippen molar-refractivity contribution >= 4 is 11.4 Å². The predicted octanol–water partition coefficient (Wildman–Crippen LogP) is 2.92. The van der Waals surface area contributed by atoms with Gasteiger partial charge in [-0.3, -0.25) is 15.1 Å². The molecule has 2 aromatic rings. The van der Waals surface area contributed by atoms with Crippen molar-refractivity contribution in [3.05, 3.63) is 57.9 Å². The van der Waals surface area contributed by atoms with Gasteiger partial charge in [0.2, 0.25) is 0 Å². The number of nitrogens with one attached hydrogen (secondary N) is 1. The van der Waals surface area contributed by atoms with E-state index in [4.69, 9.17) is 4.74 Å². The number of non-ortho nitro benzene ring substituents is 1. The van der Waals surface area contributed by atoms with E-state index in [0.717, 1.165) is 16.9 Å². The van der Waals surface area contributed by atoms with Crippen LogP contribution in [0.5, 0.6) is 5.75 Å². The smallest absolute Gasteiger partial charge is 0.269 e. The summed E-state index contributed by atoms with van der Waals surface area (Å²) in [6, 6.07) is 8.33. The monoisotopic (exact) mass is 273 g/mol. The van der Waals surface area contributed by atoms with E-state index in [1.807, 2.05) is 13.0 Å². The quantitative estimate of drug-likeness (QED) is 0.669. The van der Waals surface area contributed by atoms with E-state index in [2.05, 4.69) is 10.3 Å². The van der Waals surface area contributed by atoms with Crippen molar-refractivity contribution in [3.8, 4) is 5.75 Å². The van der Waals surface area contributed by atoms with E-state index < -0.39 is 4.92 Å². The molecule has 6 nitrogen and oxygen atoms in total. The molecular formula is C14H15N3O3. The number of anilines is 1. The number of hydrogen-bond donors (Lipinski definition) is 1. The molecule has 6 heteroatoms. The summed E-state index contributed by atoms with van der Waals surface area (Å²) in [5.74, 6) is 0.664. The Morgan fingerprint density at radius 1 is 1.35 bits per heavy atom. The van der Waals surface area contributed by atoms with Gasteiger partial charge in [-0.15, -0.1) is 0 Å². The van der Waals surface area contributed by atoms with Gasteiger partial charge in [-0.25, -0.2) is 0 Å². The second-order valence-electron chi connectivity index (χ2n) is 4.30. The number of nitro benzene ring substituents is 1. The summed E-state index contributed by atoms with van der Waals surface area (Å²) in [4.78, 5) is 14.3. The Morgan fingerprint density at radius 3 is 2.65 bits per heavy atom. The number of hydrogen-bond acceptors (Lipinski definition) is 5. The fraction of sp³-hybridized carbons (Fsp3) is 0.214. The first kappa shape index (κ1) is 13.8. The van der Waals surface area contributed by atoms with E-state index in [1.54, 1.807) is 25.4 Å². The van der Waals surface area contributed by atoms with Crippen molar-refractivity contribution in [2.24, 2.45) is 0 Å². The molecule has 1 heterocycles. The molecule has 0 bridgehead atoms. The summed E-state index contributed by atoms with van der Waals surface area (Å²) < 4.78 is 5.23. The van der Waals surface area contributed by atoms with Gasteiger partial charge in [0.1, 0.15) is 0 Å². The SMILES string of the molecule is COc1cnc(C)cc1NCc1ccc([N+](=O)[O-])cc1. The van der Waals surface area contributed by atoms with Gasteiger partial charge in [-0.2, -0.15) is 0 Å². The topological polar surface area (TPSA) is 77.3 Å². The zero-order valence-corrected chi connectivity index (χ0v) is 11.3. The minimum absolute atomic E-state index is 0.0890. The maximum atomic E-state index is 10.6. The molecule has 0 fully saturated rings. The maximum Gasteiger partial charge on any atom is 0.269 e. The molecule has 0 atom stereocenters. The normalized spacial score (nSPS) is 10.1. The zero-order chi connectivity index (χ0) is 14.5. The molecule has 0 saturated carbocycles. The van der Waals surface area contributed by atoms with Crippen LogP contribution in [0.2, 0.25) is 0 Å². The molecule has 20 heavy (non-hydrogen) atoms. The molecule has 0 aliphatic carbocycles. The molecule has 0 radical (unpaired) electrons. The average Bonchev–Trinajstić information content (AvgIpc) is 2.45. The minimum atomic E-state index is -0.410. The van der Waals surface area contributed by atoms with Crippen molar-refractivity contribution in [3.63, 3.8) is 0 Å². The fourth-order valence-corrected chi connectivity index (χ4v) is 1.78. The first-order valence-electron chi connectivity index (χ1n) is 6.08. The Labute approximate surface area is 116 Å². The van der Waals surface area contributed by atoms with Crippen LogP contribution in [-0.4, -0.2) is 17.0 Å². The summed E-state index contributed by atoms with van der Waals surface area (Å²) in [5.41, 5.74) is 2.77. The number of benzene rings is 1. The predicted molar refractivity (Wildman–Crippen MR) is 75.9 cm³/mol. The Kier molecular flexibility index (Phi) is 4.14. The highest BCUT2D eigenvalue weighted by molar-refractivity contribution is 5.56. The van der Waals surface area contributed by atoms with Crippen molar-refractivity contribution in [1.82, 2.24) is 4.98 Å². The molecule has 104 valence electrons. The van der Waals surface area contributed by atoms with Crippen LogP contribution in [0.4, 0.5) is 11.4 Å². The van der Waals surface area contributed by atoms with E-state index >= 15 is 0 Å². The lowest BCUT2D eigenvalue weighted by atomic mass is 10.2. The summed E-state index contributed by atoms with van der Waals surface area (Å²) in [5, 5.41) is 13.8. The van der Waals surface area contributed by atoms with Gasteiger partial charge in [0.15, 0.2) is 5.75 Å². The van der Waals surface area contributed by atoms with Crippen molar-refractivity contribution < 1.29 is 9.66 Å². The summed E-state index contributed by atoms with van der Waals surface area (Å²) in [7, 11) is 1.59. The number of ether oxygens (including phenoxy) is 1. The van der Waals surface area contributed by atoms with Gasteiger partial charge in [0.25, 0.3) is 5.69 Å². The third-order valence-electron chi connectivity index (χ3n) is 2.85. The number of nitrogens with zero attached hydrogens (tertiary/aromatic N) is 2. The number of nitro groups is 1. The van der Waals surface area contributed by atoms with Crippen molar-refractivity contribution in [2.75, 3.05) is 12.4 Å².